The summed E-state index contributed by atoms with van der Waals surface area (Å²) < 4.78 is 5.00. The molecule has 0 aliphatic heterocycles. The van der Waals surface area contributed by atoms with Gasteiger partial charge in [-0.25, -0.2) is 0 Å². The smallest absolute Gasteiger partial charge is 0.247 e. The Balaban J connectivity index is 2.14. The average Bonchev–Trinajstić information content (AvgIpc) is 2.91. The molecule has 0 bridgehead atoms. The van der Waals surface area contributed by atoms with E-state index in [1.165, 1.54) is 0 Å². The molecule has 0 spiro atoms. The van der Waals surface area contributed by atoms with E-state index in [1.54, 1.807) is 31.4 Å². The van der Waals surface area contributed by atoms with Crippen molar-refractivity contribution in [1.29, 1.82) is 0 Å². The third-order valence-electron chi connectivity index (χ3n) is 3.16. The van der Waals surface area contributed by atoms with Crippen LogP contribution in [0.1, 0.15) is 18.1 Å². The molecule has 0 fully saturated rings. The van der Waals surface area contributed by atoms with Gasteiger partial charge < -0.3 is 15.1 Å². The van der Waals surface area contributed by atoms with Gasteiger partial charge in [0.2, 0.25) is 5.91 Å². The summed E-state index contributed by atoms with van der Waals surface area (Å²) in [5.74, 6) is -0.125. The first-order chi connectivity index (χ1) is 9.01. The fourth-order valence-electron chi connectivity index (χ4n) is 2.03. The van der Waals surface area contributed by atoms with E-state index in [1.807, 2.05) is 36.4 Å². The maximum atomic E-state index is 12.5. The molecule has 19 heavy (non-hydrogen) atoms. The second kappa shape index (κ2) is 5.28. The summed E-state index contributed by atoms with van der Waals surface area (Å²) in [4.78, 5) is 14.1. The van der Waals surface area contributed by atoms with Gasteiger partial charge in [-0.15, -0.1) is 0 Å². The number of carbonyl (C=O) groups excluding carboxylic acids is 1. The Hall–Kier alpha value is -2.07. The monoisotopic (exact) mass is 258 g/mol. The lowest BCUT2D eigenvalue weighted by Crippen LogP contribution is -2.49. The number of carbonyl (C=O) groups is 1. The molecule has 4 heteroatoms. The minimum absolute atomic E-state index is 0.125. The zero-order valence-corrected chi connectivity index (χ0v) is 11.2. The maximum absolute atomic E-state index is 12.5. The first-order valence-corrected chi connectivity index (χ1v) is 6.13. The maximum Gasteiger partial charge on any atom is 0.247 e. The molecule has 2 rings (SSSR count). The first kappa shape index (κ1) is 13.4. The first-order valence-electron chi connectivity index (χ1n) is 6.13. The van der Waals surface area contributed by atoms with E-state index < -0.39 is 5.54 Å². The third kappa shape index (κ3) is 2.85. The number of furan rings is 1. The number of nitrogens with zero attached hydrogens (tertiary/aromatic N) is 1. The highest BCUT2D eigenvalue weighted by Gasteiger charge is 2.32. The van der Waals surface area contributed by atoms with E-state index >= 15 is 0 Å². The van der Waals surface area contributed by atoms with E-state index in [0.29, 0.717) is 6.54 Å². The minimum Gasteiger partial charge on any atom is -0.472 e. The van der Waals surface area contributed by atoms with Crippen molar-refractivity contribution >= 4 is 5.91 Å². The highest BCUT2D eigenvalue weighted by atomic mass is 16.3. The Morgan fingerprint density at radius 3 is 2.58 bits per heavy atom. The number of amides is 1. The lowest BCUT2D eigenvalue weighted by Gasteiger charge is -2.29. The Bertz CT molecular complexity index is 533. The number of nitrogens with two attached hydrogens (primary N) is 1. The molecule has 0 saturated carbocycles. The summed E-state index contributed by atoms with van der Waals surface area (Å²) in [5, 5.41) is 0. The highest BCUT2D eigenvalue weighted by Crippen LogP contribution is 2.20. The molecule has 1 heterocycles. The van der Waals surface area contributed by atoms with Gasteiger partial charge >= 0.3 is 0 Å². The second-order valence-corrected chi connectivity index (χ2v) is 4.86. The molecule has 100 valence electrons. The Morgan fingerprint density at radius 1 is 1.32 bits per heavy atom. The van der Waals surface area contributed by atoms with Crippen molar-refractivity contribution < 1.29 is 9.21 Å². The fraction of sp³-hybridized carbons (Fsp3) is 0.267. The Labute approximate surface area is 112 Å². The molecule has 1 unspecified atom stereocenters. The largest absolute Gasteiger partial charge is 0.472 e. The van der Waals surface area contributed by atoms with Crippen LogP contribution in [0.4, 0.5) is 0 Å². The summed E-state index contributed by atoms with van der Waals surface area (Å²) in [7, 11) is 1.74. The van der Waals surface area contributed by atoms with Gasteiger partial charge in [-0.1, -0.05) is 30.3 Å². The number of hydrogen-bond donors (Lipinski definition) is 1. The van der Waals surface area contributed by atoms with Gasteiger partial charge in [-0.3, -0.25) is 4.79 Å². The molecule has 1 aromatic carbocycles. The van der Waals surface area contributed by atoms with Gasteiger partial charge in [0.25, 0.3) is 0 Å². The predicted octanol–water partition coefficient (Wildman–Crippen LogP) is 2.11. The van der Waals surface area contributed by atoms with E-state index in [2.05, 4.69) is 0 Å². The van der Waals surface area contributed by atoms with Gasteiger partial charge in [0, 0.05) is 19.2 Å². The number of hydrogen-bond acceptors (Lipinski definition) is 3. The van der Waals surface area contributed by atoms with Crippen LogP contribution in [-0.4, -0.2) is 17.9 Å². The van der Waals surface area contributed by atoms with Crippen molar-refractivity contribution in [2.45, 2.75) is 19.0 Å². The third-order valence-corrected chi connectivity index (χ3v) is 3.16. The minimum atomic E-state index is -1.03. The zero-order chi connectivity index (χ0) is 13.9. The standard InChI is InChI=1S/C15H18N2O2/c1-15(16,13-6-4-3-5-7-13)14(18)17(2)10-12-8-9-19-11-12/h3-9,11H,10,16H2,1-2H3. The lowest BCUT2D eigenvalue weighted by molar-refractivity contribution is -0.136. The average molecular weight is 258 g/mol. The normalized spacial score (nSPS) is 13.8. The van der Waals surface area contributed by atoms with Crippen molar-refractivity contribution in [1.82, 2.24) is 4.90 Å². The van der Waals surface area contributed by atoms with E-state index in [0.717, 1.165) is 11.1 Å². The van der Waals surface area contributed by atoms with Crippen molar-refractivity contribution in [3.05, 3.63) is 60.1 Å². The van der Waals surface area contributed by atoms with Gasteiger partial charge in [-0.05, 0) is 18.6 Å². The van der Waals surface area contributed by atoms with Crippen LogP contribution in [0.25, 0.3) is 0 Å². The van der Waals surface area contributed by atoms with E-state index in [-0.39, 0.29) is 5.91 Å². The van der Waals surface area contributed by atoms with E-state index in [9.17, 15) is 4.79 Å². The predicted molar refractivity (Wildman–Crippen MR) is 73.2 cm³/mol. The summed E-state index contributed by atoms with van der Waals surface area (Å²) in [6.07, 6.45) is 3.21. The van der Waals surface area contributed by atoms with E-state index in [4.69, 9.17) is 10.2 Å². The van der Waals surface area contributed by atoms with Crippen LogP contribution in [0.15, 0.2) is 53.3 Å². The molecule has 0 saturated heterocycles. The van der Waals surface area contributed by atoms with Crippen molar-refractivity contribution in [2.75, 3.05) is 7.05 Å². The topological polar surface area (TPSA) is 59.5 Å². The number of rotatable bonds is 4. The molecule has 1 amide bonds. The zero-order valence-electron chi connectivity index (χ0n) is 11.2. The molecule has 2 aromatic rings. The molecule has 0 aliphatic carbocycles. The molecule has 1 atom stereocenters. The summed E-state index contributed by atoms with van der Waals surface area (Å²) >= 11 is 0. The molecule has 4 nitrogen and oxygen atoms in total. The van der Waals surface area contributed by atoms with Gasteiger partial charge in [0.05, 0.1) is 12.5 Å². The molecule has 0 radical (unpaired) electrons. The van der Waals surface area contributed by atoms with Crippen LogP contribution in [0, 0.1) is 0 Å². The van der Waals surface area contributed by atoms with Crippen molar-refractivity contribution in [3.63, 3.8) is 0 Å². The van der Waals surface area contributed by atoms with Crippen LogP contribution < -0.4 is 5.73 Å². The molecule has 2 N–H and O–H groups in total. The van der Waals surface area contributed by atoms with Crippen LogP contribution >= 0.6 is 0 Å². The molecule has 0 aliphatic rings. The van der Waals surface area contributed by atoms with Crippen LogP contribution in [0.3, 0.4) is 0 Å². The highest BCUT2D eigenvalue weighted by molar-refractivity contribution is 5.86. The van der Waals surface area contributed by atoms with Crippen molar-refractivity contribution in [2.24, 2.45) is 5.73 Å². The summed E-state index contributed by atoms with van der Waals surface area (Å²) in [6.45, 7) is 2.21. The molecular formula is C15H18N2O2. The summed E-state index contributed by atoms with van der Waals surface area (Å²) in [6, 6.07) is 11.2. The molecule has 1 aromatic heterocycles. The van der Waals surface area contributed by atoms with Crippen molar-refractivity contribution in [3.8, 4) is 0 Å². The Kier molecular flexibility index (Phi) is 3.71. The SMILES string of the molecule is CN(Cc1ccoc1)C(=O)C(C)(N)c1ccccc1. The van der Waals surface area contributed by atoms with Crippen LogP contribution in [0.5, 0.6) is 0 Å². The molecular weight excluding hydrogens is 240 g/mol. The number of benzene rings is 1. The number of likely N-dealkylation sites (N-methyl/N-ethyl adjacent to an activating group) is 1. The fourth-order valence-corrected chi connectivity index (χ4v) is 2.03. The Morgan fingerprint density at radius 2 is 2.00 bits per heavy atom. The van der Waals surface area contributed by atoms with Crippen LogP contribution in [0.2, 0.25) is 0 Å². The van der Waals surface area contributed by atoms with Gasteiger partial charge in [0.1, 0.15) is 5.54 Å². The summed E-state index contributed by atoms with van der Waals surface area (Å²) in [5.41, 5.74) is 6.92. The van der Waals surface area contributed by atoms with Gasteiger partial charge in [-0.2, -0.15) is 0 Å². The van der Waals surface area contributed by atoms with Crippen LogP contribution in [-0.2, 0) is 16.9 Å². The van der Waals surface area contributed by atoms with Gasteiger partial charge in [0.15, 0.2) is 0 Å². The second-order valence-electron chi connectivity index (χ2n) is 4.86. The quantitative estimate of drug-likeness (QED) is 0.913. The lowest BCUT2D eigenvalue weighted by atomic mass is 9.91.